The summed E-state index contributed by atoms with van der Waals surface area (Å²) < 4.78 is 18.7. The van der Waals surface area contributed by atoms with Gasteiger partial charge in [0.1, 0.15) is 24.2 Å². The molecule has 0 atom stereocenters. The average Bonchev–Trinajstić information content (AvgIpc) is 2.48. The number of nitrogens with zero attached hydrogens (tertiary/aromatic N) is 1. The summed E-state index contributed by atoms with van der Waals surface area (Å²) in [5.41, 5.74) is 0.709. The Kier molecular flexibility index (Phi) is 4.46. The topological polar surface area (TPSA) is 50.1 Å². The van der Waals surface area contributed by atoms with E-state index in [-0.39, 0.29) is 18.8 Å². The van der Waals surface area contributed by atoms with E-state index in [2.05, 4.69) is 0 Å². The Hall–Kier alpha value is -2.67. The van der Waals surface area contributed by atoms with E-state index >= 15 is 0 Å². The van der Waals surface area contributed by atoms with Crippen LogP contribution in [0.2, 0.25) is 0 Å². The molecule has 100 valence electrons. The molecule has 0 bridgehead atoms. The first-order valence-electron chi connectivity index (χ1n) is 6.07. The van der Waals surface area contributed by atoms with Gasteiger partial charge < -0.3 is 4.74 Å². The SMILES string of the molecule is N#Cc1ccccc1OCC(=O)Cc1ccccc1F. The second-order valence-electron chi connectivity index (χ2n) is 4.20. The molecule has 0 aromatic heterocycles. The van der Waals surface area contributed by atoms with Gasteiger partial charge in [-0.1, -0.05) is 30.3 Å². The Bertz CT molecular complexity index is 662. The number of para-hydroxylation sites is 1. The summed E-state index contributed by atoms with van der Waals surface area (Å²) >= 11 is 0. The van der Waals surface area contributed by atoms with Gasteiger partial charge >= 0.3 is 0 Å². The van der Waals surface area contributed by atoms with Gasteiger partial charge in [-0.2, -0.15) is 5.26 Å². The van der Waals surface area contributed by atoms with Crippen LogP contribution in [0.4, 0.5) is 4.39 Å². The third-order valence-corrected chi connectivity index (χ3v) is 2.74. The van der Waals surface area contributed by atoms with Gasteiger partial charge in [-0.15, -0.1) is 0 Å². The Morgan fingerprint density at radius 1 is 1.15 bits per heavy atom. The van der Waals surface area contributed by atoms with E-state index in [1.54, 1.807) is 42.5 Å². The number of benzene rings is 2. The normalized spacial score (nSPS) is 9.80. The van der Waals surface area contributed by atoms with Crippen molar-refractivity contribution in [2.75, 3.05) is 6.61 Å². The Morgan fingerprint density at radius 3 is 2.60 bits per heavy atom. The van der Waals surface area contributed by atoms with Crippen molar-refractivity contribution in [1.82, 2.24) is 0 Å². The number of hydrogen-bond donors (Lipinski definition) is 0. The molecule has 0 spiro atoms. The minimum Gasteiger partial charge on any atom is -0.484 e. The van der Waals surface area contributed by atoms with E-state index in [1.165, 1.54) is 6.07 Å². The number of ether oxygens (including phenoxy) is 1. The van der Waals surface area contributed by atoms with Gasteiger partial charge in [-0.05, 0) is 23.8 Å². The number of Topliss-reactive ketones (excluding diaryl/α,β-unsaturated/α-hetero) is 1. The molecule has 0 aliphatic carbocycles. The molecule has 0 N–H and O–H groups in total. The van der Waals surface area contributed by atoms with Crippen LogP contribution in [0.25, 0.3) is 0 Å². The minimum atomic E-state index is -0.404. The van der Waals surface area contributed by atoms with Crippen molar-refractivity contribution in [3.05, 3.63) is 65.5 Å². The van der Waals surface area contributed by atoms with Crippen LogP contribution >= 0.6 is 0 Å². The van der Waals surface area contributed by atoms with Gasteiger partial charge in [0.25, 0.3) is 0 Å². The smallest absolute Gasteiger partial charge is 0.174 e. The van der Waals surface area contributed by atoms with Crippen LogP contribution in [0.15, 0.2) is 48.5 Å². The largest absolute Gasteiger partial charge is 0.484 e. The number of hydrogen-bond acceptors (Lipinski definition) is 3. The minimum absolute atomic E-state index is 0.0264. The lowest BCUT2D eigenvalue weighted by Gasteiger charge is -2.07. The second-order valence-corrected chi connectivity index (χ2v) is 4.20. The molecule has 0 saturated carbocycles. The first kappa shape index (κ1) is 13.8. The zero-order chi connectivity index (χ0) is 14.4. The standard InChI is InChI=1S/C16H12FNO2/c17-15-7-3-1-5-12(15)9-14(19)11-20-16-8-4-2-6-13(16)10-18/h1-8H,9,11H2. The summed E-state index contributed by atoms with van der Waals surface area (Å²) in [6, 6.07) is 14.8. The summed E-state index contributed by atoms with van der Waals surface area (Å²) in [5, 5.41) is 8.89. The van der Waals surface area contributed by atoms with Crippen LogP contribution in [0, 0.1) is 17.1 Å². The van der Waals surface area contributed by atoms with Gasteiger partial charge in [0, 0.05) is 6.42 Å². The van der Waals surface area contributed by atoms with Crippen LogP contribution < -0.4 is 4.74 Å². The second kappa shape index (κ2) is 6.48. The van der Waals surface area contributed by atoms with Gasteiger partial charge in [-0.25, -0.2) is 4.39 Å². The van der Waals surface area contributed by atoms with Gasteiger partial charge in [0.15, 0.2) is 5.78 Å². The van der Waals surface area contributed by atoms with E-state index in [0.717, 1.165) is 0 Å². The molecule has 2 aromatic rings. The van der Waals surface area contributed by atoms with Crippen LogP contribution in [-0.4, -0.2) is 12.4 Å². The molecule has 0 fully saturated rings. The van der Waals surface area contributed by atoms with Gasteiger partial charge in [-0.3, -0.25) is 4.79 Å². The van der Waals surface area contributed by atoms with Crippen molar-refractivity contribution in [3.8, 4) is 11.8 Å². The summed E-state index contributed by atoms with van der Waals surface area (Å²) in [6.45, 7) is -0.187. The predicted octanol–water partition coefficient (Wildman–Crippen LogP) is 2.89. The van der Waals surface area contributed by atoms with Crippen LogP contribution in [0.5, 0.6) is 5.75 Å². The number of halogens is 1. The summed E-state index contributed by atoms with van der Waals surface area (Å²) in [4.78, 5) is 11.8. The number of ketones is 1. The molecule has 2 aromatic carbocycles. The molecule has 0 amide bonds. The highest BCUT2D eigenvalue weighted by Gasteiger charge is 2.10. The van der Waals surface area contributed by atoms with Crippen LogP contribution in [-0.2, 0) is 11.2 Å². The summed E-state index contributed by atoms with van der Waals surface area (Å²) in [5.74, 6) is -0.294. The van der Waals surface area contributed by atoms with Crippen molar-refractivity contribution in [2.24, 2.45) is 0 Å². The molecule has 20 heavy (non-hydrogen) atoms. The fraction of sp³-hybridized carbons (Fsp3) is 0.125. The van der Waals surface area contributed by atoms with Crippen molar-refractivity contribution in [3.63, 3.8) is 0 Å². The van der Waals surface area contributed by atoms with E-state index in [1.807, 2.05) is 6.07 Å². The Labute approximate surface area is 116 Å². The first-order chi connectivity index (χ1) is 9.70. The third kappa shape index (κ3) is 3.42. The maximum atomic E-state index is 13.4. The van der Waals surface area contributed by atoms with Gasteiger partial charge in [0.05, 0.1) is 5.56 Å². The lowest BCUT2D eigenvalue weighted by atomic mass is 10.1. The number of rotatable bonds is 5. The molecule has 3 nitrogen and oxygen atoms in total. The average molecular weight is 269 g/mol. The highest BCUT2D eigenvalue weighted by atomic mass is 19.1. The van der Waals surface area contributed by atoms with E-state index in [9.17, 15) is 9.18 Å². The molecule has 0 saturated heterocycles. The van der Waals surface area contributed by atoms with Crippen LogP contribution in [0.1, 0.15) is 11.1 Å². The molecule has 0 unspecified atom stereocenters. The highest BCUT2D eigenvalue weighted by molar-refractivity contribution is 5.82. The van der Waals surface area contributed by atoms with Crippen LogP contribution in [0.3, 0.4) is 0 Å². The zero-order valence-electron chi connectivity index (χ0n) is 10.7. The molecular weight excluding hydrogens is 257 g/mol. The fourth-order valence-electron chi connectivity index (χ4n) is 1.75. The monoisotopic (exact) mass is 269 g/mol. The van der Waals surface area contributed by atoms with Gasteiger partial charge in [0.2, 0.25) is 0 Å². The predicted molar refractivity (Wildman–Crippen MR) is 71.8 cm³/mol. The van der Waals surface area contributed by atoms with Crippen molar-refractivity contribution in [2.45, 2.75) is 6.42 Å². The number of carbonyl (C=O) groups is 1. The quantitative estimate of drug-likeness (QED) is 0.838. The Balaban J connectivity index is 1.96. The molecule has 0 aliphatic rings. The lowest BCUT2D eigenvalue weighted by molar-refractivity contribution is -0.120. The molecule has 0 aliphatic heterocycles. The van der Waals surface area contributed by atoms with Crippen molar-refractivity contribution in [1.29, 1.82) is 5.26 Å². The summed E-state index contributed by atoms with van der Waals surface area (Å²) in [6.07, 6.45) is -0.0264. The summed E-state index contributed by atoms with van der Waals surface area (Å²) in [7, 11) is 0. The Morgan fingerprint density at radius 2 is 1.85 bits per heavy atom. The maximum Gasteiger partial charge on any atom is 0.174 e. The molecule has 0 heterocycles. The lowest BCUT2D eigenvalue weighted by Crippen LogP contribution is -2.15. The molecule has 0 radical (unpaired) electrons. The van der Waals surface area contributed by atoms with E-state index < -0.39 is 5.82 Å². The zero-order valence-corrected chi connectivity index (χ0v) is 10.7. The molecular formula is C16H12FNO2. The molecule has 4 heteroatoms. The number of carbonyl (C=O) groups excluding carboxylic acids is 1. The fourth-order valence-corrected chi connectivity index (χ4v) is 1.75. The number of nitriles is 1. The third-order valence-electron chi connectivity index (χ3n) is 2.74. The highest BCUT2D eigenvalue weighted by Crippen LogP contribution is 2.16. The van der Waals surface area contributed by atoms with Crippen molar-refractivity contribution < 1.29 is 13.9 Å². The molecule has 2 rings (SSSR count). The maximum absolute atomic E-state index is 13.4. The van der Waals surface area contributed by atoms with Crippen molar-refractivity contribution >= 4 is 5.78 Å². The van der Waals surface area contributed by atoms with E-state index in [4.69, 9.17) is 10.00 Å². The first-order valence-corrected chi connectivity index (χ1v) is 6.07. The van der Waals surface area contributed by atoms with E-state index in [0.29, 0.717) is 16.9 Å².